The largest absolute Gasteiger partial charge is 0.382 e. The molecule has 0 unspecified atom stereocenters. The van der Waals surface area contributed by atoms with E-state index in [-0.39, 0.29) is 29.9 Å². The maximum absolute atomic E-state index is 14.3. The summed E-state index contributed by atoms with van der Waals surface area (Å²) in [5, 5.41) is 8.56. The molecule has 0 atom stereocenters. The molecule has 1 amide bonds. The van der Waals surface area contributed by atoms with E-state index in [4.69, 9.17) is 10.3 Å². The molecule has 5 rings (SSSR count). The maximum atomic E-state index is 14.3. The molecule has 3 heterocycles. The van der Waals surface area contributed by atoms with Crippen LogP contribution in [0.3, 0.4) is 0 Å². The first-order valence-electron chi connectivity index (χ1n) is 10.7. The molecule has 0 aliphatic heterocycles. The van der Waals surface area contributed by atoms with Gasteiger partial charge in [-0.25, -0.2) is 14.4 Å². The Kier molecular flexibility index (Phi) is 5.76. The third kappa shape index (κ3) is 4.36. The molecule has 2 aromatic carbocycles. The summed E-state index contributed by atoms with van der Waals surface area (Å²) < 4.78 is 20.9. The molecule has 0 bridgehead atoms. The molecule has 0 spiro atoms. The van der Waals surface area contributed by atoms with Gasteiger partial charge in [0.05, 0.1) is 18.4 Å². The van der Waals surface area contributed by atoms with Gasteiger partial charge < -0.3 is 15.2 Å². The highest BCUT2D eigenvalue weighted by Crippen LogP contribution is 2.28. The zero-order valence-electron chi connectivity index (χ0n) is 18.7. The zero-order valence-corrected chi connectivity index (χ0v) is 18.7. The van der Waals surface area contributed by atoms with Crippen LogP contribution in [0.5, 0.6) is 0 Å². The van der Waals surface area contributed by atoms with Gasteiger partial charge in [-0.15, -0.1) is 0 Å². The lowest BCUT2D eigenvalue weighted by Crippen LogP contribution is -2.27. The molecule has 2 N–H and O–H groups in total. The molecule has 10 heteroatoms. The van der Waals surface area contributed by atoms with Crippen LogP contribution in [0.1, 0.15) is 15.9 Å². The van der Waals surface area contributed by atoms with E-state index in [0.717, 1.165) is 0 Å². The summed E-state index contributed by atoms with van der Waals surface area (Å²) in [5.74, 6) is -0.208. The van der Waals surface area contributed by atoms with Crippen molar-refractivity contribution in [1.29, 1.82) is 0 Å². The Morgan fingerprint density at radius 2 is 1.86 bits per heavy atom. The van der Waals surface area contributed by atoms with Gasteiger partial charge in [0.15, 0.2) is 11.6 Å². The first-order chi connectivity index (χ1) is 17.0. The number of nitrogen functional groups attached to an aromatic ring is 1. The van der Waals surface area contributed by atoms with Gasteiger partial charge in [-0.05, 0) is 24.3 Å². The number of benzene rings is 2. The standard InChI is InChI=1S/C25H20FN7O2/c1-32(25(34)16-7-3-2-4-8-16)22-14-28-24(29-23(22)27)20-13-21(19-11-12-35-31-19)33(30-20)15-17-9-5-6-10-18(17)26/h2-14H,15H2,1H3,(H2,27,28,29). The smallest absolute Gasteiger partial charge is 0.258 e. The molecule has 0 saturated heterocycles. The van der Waals surface area contributed by atoms with Crippen LogP contribution >= 0.6 is 0 Å². The molecule has 0 fully saturated rings. The van der Waals surface area contributed by atoms with Crippen molar-refractivity contribution < 1.29 is 13.7 Å². The fourth-order valence-electron chi connectivity index (χ4n) is 3.64. The molecular weight excluding hydrogens is 449 g/mol. The number of nitrogens with zero attached hydrogens (tertiary/aromatic N) is 6. The van der Waals surface area contributed by atoms with Crippen LogP contribution in [0, 0.1) is 5.82 Å². The summed E-state index contributed by atoms with van der Waals surface area (Å²) in [6.07, 6.45) is 2.92. The van der Waals surface area contributed by atoms with E-state index in [1.807, 2.05) is 6.07 Å². The first kappa shape index (κ1) is 22.0. The summed E-state index contributed by atoms with van der Waals surface area (Å²) in [7, 11) is 1.61. The number of amides is 1. The number of carbonyl (C=O) groups excluding carboxylic acids is 1. The van der Waals surface area contributed by atoms with Gasteiger partial charge in [0.1, 0.15) is 29.2 Å². The average Bonchev–Trinajstić information content (AvgIpc) is 3.55. The Labute approximate surface area is 199 Å². The number of halogens is 1. The number of nitrogens with two attached hydrogens (primary N) is 1. The molecule has 5 aromatic rings. The lowest BCUT2D eigenvalue weighted by Gasteiger charge is -2.18. The van der Waals surface area contributed by atoms with Gasteiger partial charge in [0, 0.05) is 24.2 Å². The van der Waals surface area contributed by atoms with Crippen LogP contribution in [0.4, 0.5) is 15.9 Å². The number of rotatable bonds is 6. The van der Waals surface area contributed by atoms with Crippen LogP contribution in [-0.4, -0.2) is 37.9 Å². The van der Waals surface area contributed by atoms with Crippen LogP contribution < -0.4 is 10.6 Å². The Morgan fingerprint density at radius 1 is 1.09 bits per heavy atom. The SMILES string of the molecule is CN(C(=O)c1ccccc1)c1cnc(-c2cc(-c3ccon3)n(Cc3ccccc3F)n2)nc1N. The number of hydrogen-bond donors (Lipinski definition) is 1. The van der Waals surface area contributed by atoms with E-state index >= 15 is 0 Å². The van der Waals surface area contributed by atoms with Crippen molar-refractivity contribution in [3.05, 3.63) is 96.1 Å². The maximum Gasteiger partial charge on any atom is 0.258 e. The third-order valence-electron chi connectivity index (χ3n) is 5.47. The Morgan fingerprint density at radius 3 is 2.57 bits per heavy atom. The highest BCUT2D eigenvalue weighted by molar-refractivity contribution is 6.06. The van der Waals surface area contributed by atoms with Crippen LogP contribution in [0.15, 0.2) is 83.7 Å². The minimum absolute atomic E-state index is 0.119. The van der Waals surface area contributed by atoms with Gasteiger partial charge in [-0.1, -0.05) is 41.6 Å². The average molecular weight is 469 g/mol. The van der Waals surface area contributed by atoms with Gasteiger partial charge >= 0.3 is 0 Å². The van der Waals surface area contributed by atoms with Gasteiger partial charge in [-0.3, -0.25) is 9.48 Å². The van der Waals surface area contributed by atoms with Crippen LogP contribution in [0.25, 0.3) is 22.9 Å². The normalized spacial score (nSPS) is 10.9. The van der Waals surface area contributed by atoms with Crippen molar-refractivity contribution in [3.63, 3.8) is 0 Å². The molecule has 174 valence electrons. The topological polar surface area (TPSA) is 116 Å². The number of aromatic nitrogens is 5. The fraction of sp³-hybridized carbons (Fsp3) is 0.0800. The van der Waals surface area contributed by atoms with Crippen molar-refractivity contribution in [1.82, 2.24) is 24.9 Å². The van der Waals surface area contributed by atoms with Crippen molar-refractivity contribution in [3.8, 4) is 22.9 Å². The Bertz CT molecular complexity index is 1480. The van der Waals surface area contributed by atoms with Crippen molar-refractivity contribution in [2.75, 3.05) is 17.7 Å². The predicted octanol–water partition coefficient (Wildman–Crippen LogP) is 4.04. The van der Waals surface area contributed by atoms with Gasteiger partial charge in [0.25, 0.3) is 5.91 Å². The fourth-order valence-corrected chi connectivity index (χ4v) is 3.64. The lowest BCUT2D eigenvalue weighted by atomic mass is 10.2. The highest BCUT2D eigenvalue weighted by Gasteiger charge is 2.20. The summed E-state index contributed by atoms with van der Waals surface area (Å²) in [5.41, 5.74) is 9.08. The molecule has 0 aliphatic rings. The molecule has 0 radical (unpaired) electrons. The number of carbonyl (C=O) groups is 1. The summed E-state index contributed by atoms with van der Waals surface area (Å²) >= 11 is 0. The van der Waals surface area contributed by atoms with E-state index in [9.17, 15) is 9.18 Å². The Hall–Kier alpha value is -4.86. The number of anilines is 2. The first-order valence-corrected chi connectivity index (χ1v) is 10.7. The van der Waals surface area contributed by atoms with Gasteiger partial charge in [-0.2, -0.15) is 5.10 Å². The molecular formula is C25H20FN7O2. The summed E-state index contributed by atoms with van der Waals surface area (Å²) in [4.78, 5) is 22.9. The zero-order chi connectivity index (χ0) is 24.4. The van der Waals surface area contributed by atoms with E-state index in [1.165, 1.54) is 23.4 Å². The van der Waals surface area contributed by atoms with E-state index in [2.05, 4.69) is 20.2 Å². The minimum Gasteiger partial charge on any atom is -0.382 e. The highest BCUT2D eigenvalue weighted by atomic mass is 19.1. The molecule has 9 nitrogen and oxygen atoms in total. The van der Waals surface area contributed by atoms with E-state index < -0.39 is 0 Å². The van der Waals surface area contributed by atoms with Crippen molar-refractivity contribution >= 4 is 17.4 Å². The van der Waals surface area contributed by atoms with Gasteiger partial charge in [0.2, 0.25) is 0 Å². The minimum atomic E-state index is -0.341. The van der Waals surface area contributed by atoms with E-state index in [1.54, 1.807) is 66.3 Å². The number of hydrogen-bond acceptors (Lipinski definition) is 7. The van der Waals surface area contributed by atoms with Crippen LogP contribution in [-0.2, 0) is 6.54 Å². The molecule has 35 heavy (non-hydrogen) atoms. The van der Waals surface area contributed by atoms with Crippen molar-refractivity contribution in [2.24, 2.45) is 0 Å². The molecule has 3 aromatic heterocycles. The van der Waals surface area contributed by atoms with Crippen LogP contribution in [0.2, 0.25) is 0 Å². The lowest BCUT2D eigenvalue weighted by molar-refractivity contribution is 0.0993. The second-order valence-corrected chi connectivity index (χ2v) is 7.74. The summed E-state index contributed by atoms with van der Waals surface area (Å²) in [6, 6.07) is 18.7. The van der Waals surface area contributed by atoms with Crippen molar-refractivity contribution in [2.45, 2.75) is 6.54 Å². The monoisotopic (exact) mass is 469 g/mol. The summed E-state index contributed by atoms with van der Waals surface area (Å²) in [6.45, 7) is 0.163. The second kappa shape index (κ2) is 9.18. The molecule has 0 aliphatic carbocycles. The van der Waals surface area contributed by atoms with E-state index in [0.29, 0.717) is 33.9 Å². The third-order valence-corrected chi connectivity index (χ3v) is 5.47. The predicted molar refractivity (Wildman–Crippen MR) is 128 cm³/mol. The Balaban J connectivity index is 1.48. The molecule has 0 saturated carbocycles. The second-order valence-electron chi connectivity index (χ2n) is 7.74. The quantitative estimate of drug-likeness (QED) is 0.399.